The van der Waals surface area contributed by atoms with Gasteiger partial charge in [-0.15, -0.1) is 0 Å². The molecule has 5 nitrogen and oxygen atoms in total. The molecule has 3 heterocycles. The lowest BCUT2D eigenvalue weighted by atomic mass is 9.88. The Bertz CT molecular complexity index is 1230. The van der Waals surface area contributed by atoms with Crippen molar-refractivity contribution in [1.82, 2.24) is 14.9 Å². The molecule has 3 unspecified atom stereocenters. The number of allylic oxidation sites excluding steroid dienone is 3. The molecule has 0 spiro atoms. The van der Waals surface area contributed by atoms with Crippen LogP contribution in [-0.2, 0) is 4.74 Å². The maximum Gasteiger partial charge on any atom is 0.148 e. The molecule has 2 aromatic carbocycles. The van der Waals surface area contributed by atoms with Crippen LogP contribution in [0.1, 0.15) is 24.8 Å². The summed E-state index contributed by atoms with van der Waals surface area (Å²) < 4.78 is 19.8. The zero-order valence-electron chi connectivity index (χ0n) is 18.7. The Balaban J connectivity index is 1.20. The summed E-state index contributed by atoms with van der Waals surface area (Å²) in [5.74, 6) is 0.959. The highest BCUT2D eigenvalue weighted by Crippen LogP contribution is 2.34. The van der Waals surface area contributed by atoms with Gasteiger partial charge in [-0.2, -0.15) is 0 Å². The van der Waals surface area contributed by atoms with Gasteiger partial charge in [-0.3, -0.25) is 4.98 Å². The van der Waals surface area contributed by atoms with Crippen LogP contribution in [-0.4, -0.2) is 53.3 Å². The topological polar surface area (TPSA) is 41.5 Å². The van der Waals surface area contributed by atoms with Crippen molar-refractivity contribution in [1.29, 1.82) is 0 Å². The van der Waals surface area contributed by atoms with E-state index >= 15 is 0 Å². The van der Waals surface area contributed by atoms with Gasteiger partial charge in [-0.1, -0.05) is 42.5 Å². The lowest BCUT2D eigenvalue weighted by molar-refractivity contribution is -0.0850. The minimum atomic E-state index is -0.290. The first-order chi connectivity index (χ1) is 16.1. The number of anilines is 1. The Morgan fingerprint density at radius 1 is 0.939 bits per heavy atom. The summed E-state index contributed by atoms with van der Waals surface area (Å²) >= 11 is 0. The van der Waals surface area contributed by atoms with Gasteiger partial charge in [0.2, 0.25) is 0 Å². The number of aromatic nitrogens is 2. The molecule has 1 aliphatic carbocycles. The van der Waals surface area contributed by atoms with Crippen molar-refractivity contribution >= 4 is 16.9 Å². The van der Waals surface area contributed by atoms with E-state index in [0.29, 0.717) is 17.0 Å². The summed E-state index contributed by atoms with van der Waals surface area (Å²) in [4.78, 5) is 13.9. The van der Waals surface area contributed by atoms with E-state index in [2.05, 4.69) is 64.2 Å². The number of hydrogen-bond donors (Lipinski definition) is 0. The van der Waals surface area contributed by atoms with E-state index in [1.807, 2.05) is 0 Å². The fourth-order valence-electron chi connectivity index (χ4n) is 5.29. The van der Waals surface area contributed by atoms with Gasteiger partial charge in [0.05, 0.1) is 29.4 Å². The predicted octanol–water partition coefficient (Wildman–Crippen LogP) is 4.68. The summed E-state index contributed by atoms with van der Waals surface area (Å²) in [7, 11) is 0. The highest BCUT2D eigenvalue weighted by molar-refractivity contribution is 5.75. The molecular formula is C27H27FN4O. The minimum absolute atomic E-state index is 0.106. The van der Waals surface area contributed by atoms with Crippen LogP contribution in [0.5, 0.6) is 0 Å². The van der Waals surface area contributed by atoms with Crippen molar-refractivity contribution in [3.63, 3.8) is 0 Å². The maximum atomic E-state index is 13.5. The molecule has 2 aliphatic heterocycles. The van der Waals surface area contributed by atoms with E-state index in [9.17, 15) is 4.39 Å². The van der Waals surface area contributed by atoms with Crippen LogP contribution in [0.3, 0.4) is 0 Å². The Labute approximate surface area is 193 Å². The van der Waals surface area contributed by atoms with Crippen LogP contribution in [0.2, 0.25) is 0 Å². The monoisotopic (exact) mass is 442 g/mol. The largest absolute Gasteiger partial charge is 0.368 e. The smallest absolute Gasteiger partial charge is 0.148 e. The van der Waals surface area contributed by atoms with E-state index in [1.54, 1.807) is 12.3 Å². The van der Waals surface area contributed by atoms with Gasteiger partial charge >= 0.3 is 0 Å². The summed E-state index contributed by atoms with van der Waals surface area (Å²) in [5.41, 5.74) is 5.36. The van der Waals surface area contributed by atoms with Gasteiger partial charge in [-0.05, 0) is 36.6 Å². The second-order valence-electron chi connectivity index (χ2n) is 9.24. The molecule has 6 rings (SSSR count). The van der Waals surface area contributed by atoms with E-state index in [4.69, 9.17) is 9.72 Å². The number of fused-ring (bicyclic) bond motifs is 3. The van der Waals surface area contributed by atoms with E-state index in [-0.39, 0.29) is 18.0 Å². The Morgan fingerprint density at radius 2 is 1.70 bits per heavy atom. The molecule has 2 fully saturated rings. The van der Waals surface area contributed by atoms with E-state index < -0.39 is 0 Å². The standard InChI is InChI=1S/C27H27FN4O/c1-18-7-8-20(19-5-3-2-4-6-19)11-26(18)31-14-22-16-32(17-23(15-31)33-22)27-13-29-25-12-21(28)9-10-24(25)30-27/h2-7,9-13,20,22-23H,8,14-17H2,1H3. The molecule has 2 saturated heterocycles. The molecule has 0 N–H and O–H groups in total. The van der Waals surface area contributed by atoms with Gasteiger partial charge in [0.25, 0.3) is 0 Å². The summed E-state index contributed by atoms with van der Waals surface area (Å²) in [6.07, 6.45) is 7.83. The minimum Gasteiger partial charge on any atom is -0.368 e. The van der Waals surface area contributed by atoms with Crippen LogP contribution in [0.4, 0.5) is 10.2 Å². The summed E-state index contributed by atoms with van der Waals surface area (Å²) in [5, 5.41) is 0. The van der Waals surface area contributed by atoms with Crippen molar-refractivity contribution in [3.8, 4) is 0 Å². The average Bonchev–Trinajstić information content (AvgIpc) is 2.84. The second kappa shape index (κ2) is 8.27. The average molecular weight is 443 g/mol. The molecule has 33 heavy (non-hydrogen) atoms. The van der Waals surface area contributed by atoms with Crippen LogP contribution in [0.25, 0.3) is 11.0 Å². The number of morpholine rings is 2. The third-order valence-corrected chi connectivity index (χ3v) is 6.91. The van der Waals surface area contributed by atoms with Gasteiger partial charge in [0.1, 0.15) is 11.6 Å². The van der Waals surface area contributed by atoms with Crippen LogP contribution >= 0.6 is 0 Å². The quantitative estimate of drug-likeness (QED) is 0.589. The van der Waals surface area contributed by atoms with Crippen LogP contribution < -0.4 is 4.90 Å². The normalized spacial score (nSPS) is 25.1. The number of rotatable bonds is 3. The first kappa shape index (κ1) is 20.4. The van der Waals surface area contributed by atoms with Gasteiger partial charge in [0, 0.05) is 43.9 Å². The summed E-state index contributed by atoms with van der Waals surface area (Å²) in [6, 6.07) is 15.3. The fourth-order valence-corrected chi connectivity index (χ4v) is 5.29. The molecule has 0 amide bonds. The zero-order chi connectivity index (χ0) is 22.4. The maximum absolute atomic E-state index is 13.5. The first-order valence-corrected chi connectivity index (χ1v) is 11.6. The fraction of sp³-hybridized carbons (Fsp3) is 0.333. The molecule has 3 atom stereocenters. The highest BCUT2D eigenvalue weighted by Gasteiger charge is 2.37. The van der Waals surface area contributed by atoms with Gasteiger partial charge in [-0.25, -0.2) is 9.37 Å². The van der Waals surface area contributed by atoms with Gasteiger partial charge in [0.15, 0.2) is 0 Å². The van der Waals surface area contributed by atoms with Crippen LogP contribution in [0, 0.1) is 5.82 Å². The SMILES string of the molecule is CC1=CCC(c2ccccc2)C=C1N1CC2CN(c3cnc4cc(F)ccc4n3)CC(C1)O2. The molecule has 1 aromatic heterocycles. The second-order valence-corrected chi connectivity index (χ2v) is 9.24. The number of nitrogens with zero attached hydrogens (tertiary/aromatic N) is 4. The van der Waals surface area contributed by atoms with E-state index in [1.165, 1.54) is 29.0 Å². The third kappa shape index (κ3) is 4.00. The van der Waals surface area contributed by atoms with Gasteiger partial charge < -0.3 is 14.5 Å². The van der Waals surface area contributed by atoms with Crippen molar-refractivity contribution in [2.24, 2.45) is 0 Å². The Morgan fingerprint density at radius 3 is 2.48 bits per heavy atom. The molecule has 0 radical (unpaired) electrons. The molecule has 6 heteroatoms. The third-order valence-electron chi connectivity index (χ3n) is 6.91. The molecular weight excluding hydrogens is 415 g/mol. The van der Waals surface area contributed by atoms with Crippen molar-refractivity contribution in [3.05, 3.63) is 89.5 Å². The number of hydrogen-bond acceptors (Lipinski definition) is 5. The molecule has 3 aliphatic rings. The summed E-state index contributed by atoms with van der Waals surface area (Å²) in [6.45, 7) is 5.48. The van der Waals surface area contributed by atoms with Crippen molar-refractivity contribution in [2.75, 3.05) is 31.1 Å². The lowest BCUT2D eigenvalue weighted by Crippen LogP contribution is -2.59. The number of halogens is 1. The Hall–Kier alpha value is -3.25. The predicted molar refractivity (Wildman–Crippen MR) is 128 cm³/mol. The number of benzene rings is 2. The van der Waals surface area contributed by atoms with Crippen molar-refractivity contribution in [2.45, 2.75) is 31.5 Å². The molecule has 3 aromatic rings. The zero-order valence-corrected chi connectivity index (χ0v) is 18.7. The van der Waals surface area contributed by atoms with Crippen molar-refractivity contribution < 1.29 is 9.13 Å². The Kier molecular flexibility index (Phi) is 5.10. The first-order valence-electron chi connectivity index (χ1n) is 11.6. The molecule has 168 valence electrons. The molecule has 0 saturated carbocycles. The highest BCUT2D eigenvalue weighted by atomic mass is 19.1. The molecule has 2 bridgehead atoms. The number of ether oxygens (including phenoxy) is 1. The van der Waals surface area contributed by atoms with Crippen LogP contribution in [0.15, 0.2) is 78.1 Å². The lowest BCUT2D eigenvalue weighted by Gasteiger charge is -2.48. The van der Waals surface area contributed by atoms with E-state index in [0.717, 1.165) is 38.4 Å².